The van der Waals surface area contributed by atoms with E-state index in [-0.39, 0.29) is 94.8 Å². The van der Waals surface area contributed by atoms with E-state index in [4.69, 9.17) is 49.6 Å². The van der Waals surface area contributed by atoms with Crippen LogP contribution in [0.2, 0.25) is 0 Å². The fourth-order valence-corrected chi connectivity index (χ4v) is 21.3. The number of nitrogens with zero attached hydrogens (tertiary/aromatic N) is 3. The Morgan fingerprint density at radius 3 is 1.33 bits per heavy atom. The Labute approximate surface area is 676 Å². The van der Waals surface area contributed by atoms with Crippen LogP contribution in [0.5, 0.6) is 17.2 Å². The van der Waals surface area contributed by atoms with Crippen LogP contribution in [0.3, 0.4) is 0 Å². The van der Waals surface area contributed by atoms with E-state index in [2.05, 4.69) is 15.3 Å². The van der Waals surface area contributed by atoms with Gasteiger partial charge in [-0.1, -0.05) is 97.1 Å². The van der Waals surface area contributed by atoms with Crippen LogP contribution in [-0.4, -0.2) is 136 Å². The van der Waals surface area contributed by atoms with Crippen molar-refractivity contribution >= 4 is 53.1 Å². The summed E-state index contributed by atoms with van der Waals surface area (Å²) in [5, 5.41) is 20.9. The number of nitrogens with two attached hydrogens (primary N) is 2. The van der Waals surface area contributed by atoms with Gasteiger partial charge in [0.2, 0.25) is 0 Å². The largest absolute Gasteiger partial charge is 0.497 e. The highest BCUT2D eigenvalue weighted by Crippen LogP contribution is 2.53. The molecule has 22 nitrogen and oxygen atoms in total. The second-order valence-corrected chi connectivity index (χ2v) is 39.2. The normalized spacial score (nSPS) is 23.7. The molecule has 31 heteroatoms. The molecule has 0 radical (unpaired) electrons. The van der Waals surface area contributed by atoms with Crippen LogP contribution in [0.25, 0.3) is 0 Å². The predicted octanol–water partition coefficient (Wildman–Crippen LogP) is 14.5. The molecule has 628 valence electrons. The molecular weight excluding hydrogens is 1570 g/mol. The van der Waals surface area contributed by atoms with Crippen LogP contribution >= 0.6 is 0 Å². The van der Waals surface area contributed by atoms with Gasteiger partial charge in [-0.2, -0.15) is 0 Å². The number of fused-ring (bicyclic) bond motifs is 1. The number of aliphatic hydroxyl groups is 2. The van der Waals surface area contributed by atoms with Gasteiger partial charge in [-0.05, 0) is 200 Å². The van der Waals surface area contributed by atoms with Gasteiger partial charge in [-0.25, -0.2) is 56.4 Å². The number of carbonyl (C=O) groups excluding carboxylic acids is 1. The van der Waals surface area contributed by atoms with Crippen molar-refractivity contribution in [3.05, 3.63) is 267 Å². The Balaban J connectivity index is 0.000000247. The van der Waals surface area contributed by atoms with Gasteiger partial charge < -0.3 is 54.8 Å². The molecule has 0 aromatic heterocycles. The SMILES string of the molecule is COc1ccc(F)c([C@@]2(COCc3ccccc3)N=C(N)C(C)(C)S(=O)(=O)C2CC(O)c2ccc(F)cc2)c1.COc1ccc(F)c([C@@]2(COCc3ccccc3)N=C(NC(=O)OC(C)(C)C)C(C)(C)S(=O)(=O)C2CC(O)c2ccc(F)cc2)c1.COc1ccc(F)c([C@]23CO[C@@H](c4ccc(F)cc4)C[C@H]2S(=O)(=O)C(C)(C)C(N)=N3)c1.[HH].[HH].[HH]. The van der Waals surface area contributed by atoms with Crippen LogP contribution in [-0.2, 0) is 78.3 Å². The van der Waals surface area contributed by atoms with E-state index >= 15 is 13.2 Å². The Morgan fingerprint density at radius 1 is 0.526 bits per heavy atom. The first-order valence-corrected chi connectivity index (χ1v) is 41.6. The highest BCUT2D eigenvalue weighted by atomic mass is 32.2. The first-order valence-electron chi connectivity index (χ1n) is 37.0. The van der Waals surface area contributed by atoms with Crippen molar-refractivity contribution in [1.29, 1.82) is 0 Å². The van der Waals surface area contributed by atoms with Crippen molar-refractivity contribution in [2.45, 2.75) is 165 Å². The predicted molar refractivity (Wildman–Crippen MR) is 435 cm³/mol. The second-order valence-electron chi connectivity index (χ2n) is 31.2. The number of ether oxygens (including phenoxy) is 7. The van der Waals surface area contributed by atoms with Crippen LogP contribution in [0.15, 0.2) is 203 Å². The number of aliphatic imine (C=N–C) groups is 3. The van der Waals surface area contributed by atoms with E-state index in [1.54, 1.807) is 32.9 Å². The second kappa shape index (κ2) is 34.8. The number of carbonyl (C=O) groups is 1. The lowest BCUT2D eigenvalue weighted by Crippen LogP contribution is -2.64. The Morgan fingerprint density at radius 2 is 0.905 bits per heavy atom. The zero-order valence-corrected chi connectivity index (χ0v) is 68.6. The van der Waals surface area contributed by atoms with Gasteiger partial charge in [0.25, 0.3) is 0 Å². The van der Waals surface area contributed by atoms with E-state index in [0.717, 1.165) is 29.3 Å². The molecule has 4 unspecified atom stereocenters. The zero-order chi connectivity index (χ0) is 84.9. The van der Waals surface area contributed by atoms with Crippen LogP contribution < -0.4 is 31.0 Å². The number of hydrogen-bond donors (Lipinski definition) is 5. The molecule has 7 N–H and O–H groups in total. The summed E-state index contributed by atoms with van der Waals surface area (Å²) in [6.07, 6.45) is -5.15. The molecule has 1 fully saturated rings. The minimum atomic E-state index is -4.46. The zero-order valence-electron chi connectivity index (χ0n) is 66.1. The minimum absolute atomic E-state index is 0. The van der Waals surface area contributed by atoms with E-state index in [9.17, 15) is 53.4 Å². The first-order chi connectivity index (χ1) is 54.4. The van der Waals surface area contributed by atoms with Gasteiger partial charge in [0.1, 0.15) is 106 Å². The summed E-state index contributed by atoms with van der Waals surface area (Å²) in [6.45, 7) is 12.6. The number of hydrogen-bond acceptors (Lipinski definition) is 21. The number of alkyl carbamates (subject to hydrolysis) is 1. The maximum atomic E-state index is 16.0. The molecule has 0 spiro atoms. The van der Waals surface area contributed by atoms with Gasteiger partial charge in [-0.15, -0.1) is 0 Å². The summed E-state index contributed by atoms with van der Waals surface area (Å²) in [5.41, 5.74) is 8.56. The minimum Gasteiger partial charge on any atom is -0.497 e. The van der Waals surface area contributed by atoms with Crippen LogP contribution in [0.4, 0.5) is 31.1 Å². The number of amides is 1. The number of sulfone groups is 3. The summed E-state index contributed by atoms with van der Waals surface area (Å²) in [7, 11) is -8.39. The monoisotopic (exact) mass is 1670 g/mol. The molecule has 12 rings (SSSR count). The van der Waals surface area contributed by atoms with Crippen molar-refractivity contribution in [3.8, 4) is 17.2 Å². The molecule has 0 bridgehead atoms. The van der Waals surface area contributed by atoms with E-state index in [1.165, 1.54) is 160 Å². The fraction of sp³-hybridized carbons (Fsp3) is 0.388. The Kier molecular flexibility index (Phi) is 26.6. The summed E-state index contributed by atoms with van der Waals surface area (Å²) in [6, 6.07) is 45.9. The van der Waals surface area contributed by atoms with Gasteiger partial charge in [-0.3, -0.25) is 20.3 Å². The Bertz CT molecular complexity index is 5320. The molecule has 4 heterocycles. The summed E-state index contributed by atoms with van der Waals surface area (Å²) < 4.78 is 207. The molecular formula is C85H102F6N6O16S3. The van der Waals surface area contributed by atoms with E-state index < -0.39 is 154 Å². The van der Waals surface area contributed by atoms with Gasteiger partial charge in [0.15, 0.2) is 29.5 Å². The van der Waals surface area contributed by atoms with Crippen LogP contribution in [0, 0.1) is 34.9 Å². The molecule has 116 heavy (non-hydrogen) atoms. The maximum absolute atomic E-state index is 16.0. The summed E-state index contributed by atoms with van der Waals surface area (Å²) in [4.78, 5) is 27.1. The molecule has 1 saturated heterocycles. The first kappa shape index (κ1) is 88.6. The lowest BCUT2D eigenvalue weighted by atomic mass is 9.81. The standard InChI is InChI=1S/C34H40F2N2O7S.C29H32F2N2O5S.C22H24F2N2O4S.3H2/c1-32(2,3)45-31(40)37-30-33(4,5)46(41,42)29(19-28(39)23-12-14-24(35)15-13-23)34(38-30,21-44-20-22-10-8-7-9-11-22)26-18-25(43-6)16-17-27(26)36;1-28(2)27(32)33-29(18-38-17-19-7-5-4-6-8-19,23-15-22(37-3)13-14-24(23)31)26(39(28,35)36)16-25(34)20-9-11-21(30)12-10-20;1-21(2)20(25)26-22(16-10-15(29-3)8-9-17(16)24)12-30-18(11-19(22)31(21,27)28)13-4-6-14(23)7-5-13;;;/h7-18,28-29,39H,19-21H2,1-6H3,(H,37,38,40);4-15,25-26,34H,16-18H2,1-3H3,(H2,32,33);4-10,18-19H,11-12H2,1-3H3,(H2,25,26);3*1H/t28?,29?,34-;25?,26?,29-;18-,19-,22-;;;/m111.../s1. The molecule has 9 atom stereocenters. The molecule has 8 aromatic carbocycles. The number of amidine groups is 3. The van der Waals surface area contributed by atoms with Crippen molar-refractivity contribution in [2.24, 2.45) is 26.4 Å². The third-order valence-corrected chi connectivity index (χ3v) is 30.4. The molecule has 0 aliphatic carbocycles. The van der Waals surface area contributed by atoms with Gasteiger partial charge in [0, 0.05) is 21.0 Å². The summed E-state index contributed by atoms with van der Waals surface area (Å²) >= 11 is 0. The topological polar surface area (TPSA) is 326 Å². The number of nitrogens with one attached hydrogen (secondary N) is 1. The van der Waals surface area contributed by atoms with Crippen molar-refractivity contribution in [2.75, 3.05) is 41.2 Å². The maximum Gasteiger partial charge on any atom is 0.413 e. The molecule has 4 aliphatic heterocycles. The highest BCUT2D eigenvalue weighted by molar-refractivity contribution is 7.95. The molecule has 4 aliphatic rings. The quantitative estimate of drug-likeness (QED) is 0.0417. The highest BCUT2D eigenvalue weighted by Gasteiger charge is 2.64. The number of halogens is 6. The number of aliphatic hydroxyl groups excluding tert-OH is 2. The van der Waals surface area contributed by atoms with Crippen LogP contribution in [0.1, 0.15) is 149 Å². The van der Waals surface area contributed by atoms with Crippen molar-refractivity contribution in [1.82, 2.24) is 5.32 Å². The average Bonchev–Trinajstić information content (AvgIpc) is 0.714. The molecule has 1 amide bonds. The van der Waals surface area contributed by atoms with Crippen molar-refractivity contribution < 1.29 is 104 Å². The smallest absolute Gasteiger partial charge is 0.413 e. The van der Waals surface area contributed by atoms with Crippen molar-refractivity contribution in [3.63, 3.8) is 0 Å². The third kappa shape index (κ3) is 18.0. The number of benzene rings is 8. The molecule has 0 saturated carbocycles. The lowest BCUT2D eigenvalue weighted by Gasteiger charge is -2.49. The third-order valence-electron chi connectivity index (χ3n) is 21.6. The average molecular weight is 1670 g/mol. The number of rotatable bonds is 21. The fourth-order valence-electron chi connectivity index (χ4n) is 14.5. The number of methoxy groups -OCH3 is 3. The lowest BCUT2D eigenvalue weighted by molar-refractivity contribution is -0.0298. The van der Waals surface area contributed by atoms with Gasteiger partial charge in [0.05, 0.1) is 88.4 Å². The van der Waals surface area contributed by atoms with E-state index in [0.29, 0.717) is 16.9 Å². The Hall–Kier alpha value is -9.73. The van der Waals surface area contributed by atoms with E-state index in [1.807, 2.05) is 60.7 Å². The molecule has 8 aromatic rings. The van der Waals surface area contributed by atoms with Gasteiger partial charge >= 0.3 is 6.09 Å². The summed E-state index contributed by atoms with van der Waals surface area (Å²) in [5.74, 6) is -3.34.